The number of Topliss-reactive ketones (excluding diaryl/α,β-unsaturated/α-hetero) is 1. The molecule has 188 valence electrons. The van der Waals surface area contributed by atoms with Gasteiger partial charge in [-0.15, -0.1) is 0 Å². The monoisotopic (exact) mass is 585 g/mol. The van der Waals surface area contributed by atoms with Gasteiger partial charge in [-0.25, -0.2) is 27.3 Å². The fourth-order valence-corrected chi connectivity index (χ4v) is 4.64. The molecule has 4 aromatic rings. The summed E-state index contributed by atoms with van der Waals surface area (Å²) in [4.78, 5) is 29.7. The van der Waals surface area contributed by atoms with Gasteiger partial charge in [0.15, 0.2) is 17.4 Å². The Morgan fingerprint density at radius 3 is 2.27 bits per heavy atom. The average molecular weight is 586 g/mol. The summed E-state index contributed by atoms with van der Waals surface area (Å²) in [5.41, 5.74) is 0.876. The van der Waals surface area contributed by atoms with Crippen LogP contribution in [0.3, 0.4) is 0 Å². The van der Waals surface area contributed by atoms with Gasteiger partial charge in [0.2, 0.25) is 10.0 Å². The van der Waals surface area contributed by atoms with E-state index in [1.54, 1.807) is 36.4 Å². The molecule has 37 heavy (non-hydrogen) atoms. The van der Waals surface area contributed by atoms with Crippen molar-refractivity contribution in [2.24, 2.45) is 5.14 Å². The van der Waals surface area contributed by atoms with Crippen LogP contribution in [0.15, 0.2) is 88.4 Å². The Kier molecular flexibility index (Phi) is 7.58. The first-order valence-electron chi connectivity index (χ1n) is 10.7. The number of carbonyl (C=O) groups is 2. The number of benzene rings is 3. The fourth-order valence-electron chi connectivity index (χ4n) is 3.64. The Bertz CT molecular complexity index is 1610. The molecule has 0 spiro atoms. The molecule has 1 amide bonds. The second kappa shape index (κ2) is 10.7. The van der Waals surface area contributed by atoms with E-state index in [4.69, 9.17) is 5.14 Å². The standard InChI is InChI=1S/C26H18BrF2N3O4S/c27-18-9-10-25(31-14-18)32-26(34)20-13-22(29)21(28)11-17(20)12-23(33)16-7-5-15(6-8-16)19-3-1-2-4-24(19)37(30,35)36/h1-11,13-14H,12H2,(H2,30,35,36)(H,31,32,34). The predicted molar refractivity (Wildman–Crippen MR) is 138 cm³/mol. The molecule has 0 bridgehead atoms. The van der Waals surface area contributed by atoms with E-state index < -0.39 is 33.3 Å². The fraction of sp³-hybridized carbons (Fsp3) is 0.0385. The Morgan fingerprint density at radius 1 is 0.946 bits per heavy atom. The van der Waals surface area contributed by atoms with Crippen LogP contribution < -0.4 is 10.5 Å². The van der Waals surface area contributed by atoms with Gasteiger partial charge in [-0.1, -0.05) is 42.5 Å². The van der Waals surface area contributed by atoms with Crippen LogP contribution >= 0.6 is 15.9 Å². The molecular formula is C26H18BrF2N3O4S. The van der Waals surface area contributed by atoms with Crippen LogP contribution in [-0.4, -0.2) is 25.1 Å². The number of amides is 1. The number of halogens is 3. The summed E-state index contributed by atoms with van der Waals surface area (Å²) >= 11 is 3.23. The van der Waals surface area contributed by atoms with E-state index in [0.29, 0.717) is 15.6 Å². The molecule has 0 radical (unpaired) electrons. The van der Waals surface area contributed by atoms with Crippen LogP contribution in [0.5, 0.6) is 0 Å². The second-order valence-electron chi connectivity index (χ2n) is 7.96. The van der Waals surface area contributed by atoms with Gasteiger partial charge in [-0.3, -0.25) is 9.59 Å². The molecule has 0 aliphatic rings. The quantitative estimate of drug-likeness (QED) is 0.292. The van der Waals surface area contributed by atoms with E-state index in [1.165, 1.54) is 30.5 Å². The van der Waals surface area contributed by atoms with Crippen LogP contribution in [0, 0.1) is 11.6 Å². The molecule has 1 aromatic heterocycles. The lowest BCUT2D eigenvalue weighted by molar-refractivity contribution is 0.0992. The lowest BCUT2D eigenvalue weighted by atomic mass is 9.96. The van der Waals surface area contributed by atoms with Crippen molar-refractivity contribution in [2.75, 3.05) is 5.32 Å². The van der Waals surface area contributed by atoms with Gasteiger partial charge in [0.25, 0.3) is 5.91 Å². The number of ketones is 1. The third kappa shape index (κ3) is 6.13. The summed E-state index contributed by atoms with van der Waals surface area (Å²) in [5, 5.41) is 7.80. The number of anilines is 1. The molecule has 7 nitrogen and oxygen atoms in total. The lowest BCUT2D eigenvalue weighted by Gasteiger charge is -2.11. The maximum atomic E-state index is 14.0. The van der Waals surface area contributed by atoms with E-state index in [1.807, 2.05) is 0 Å². The van der Waals surface area contributed by atoms with Crippen molar-refractivity contribution in [2.45, 2.75) is 11.3 Å². The SMILES string of the molecule is NS(=O)(=O)c1ccccc1-c1ccc(C(=O)Cc2cc(F)c(F)cc2C(=O)Nc2ccc(Br)cn2)cc1. The second-order valence-corrected chi connectivity index (χ2v) is 10.4. The van der Waals surface area contributed by atoms with Crippen LogP contribution in [0.1, 0.15) is 26.3 Å². The maximum absolute atomic E-state index is 14.0. The molecule has 0 fully saturated rings. The maximum Gasteiger partial charge on any atom is 0.257 e. The molecule has 4 rings (SSSR count). The summed E-state index contributed by atoms with van der Waals surface area (Å²) in [7, 11) is -3.97. The molecule has 0 unspecified atom stereocenters. The van der Waals surface area contributed by atoms with Gasteiger partial charge in [0.1, 0.15) is 5.82 Å². The number of nitrogens with zero attached hydrogens (tertiary/aromatic N) is 1. The van der Waals surface area contributed by atoms with Crippen LogP contribution in [0.2, 0.25) is 0 Å². The van der Waals surface area contributed by atoms with E-state index in [2.05, 4.69) is 26.2 Å². The van der Waals surface area contributed by atoms with E-state index in [9.17, 15) is 26.8 Å². The third-order valence-corrected chi connectivity index (χ3v) is 6.86. The molecule has 11 heteroatoms. The van der Waals surface area contributed by atoms with Crippen molar-refractivity contribution in [3.63, 3.8) is 0 Å². The number of pyridine rings is 1. The van der Waals surface area contributed by atoms with Crippen LogP contribution in [0.25, 0.3) is 11.1 Å². The van der Waals surface area contributed by atoms with Gasteiger partial charge in [-0.2, -0.15) is 0 Å². The number of nitrogens with one attached hydrogen (secondary N) is 1. The van der Waals surface area contributed by atoms with Crippen molar-refractivity contribution >= 4 is 43.5 Å². The molecular weight excluding hydrogens is 568 g/mol. The van der Waals surface area contributed by atoms with E-state index in [0.717, 1.165) is 12.1 Å². The number of aromatic nitrogens is 1. The van der Waals surface area contributed by atoms with Crippen LogP contribution in [0.4, 0.5) is 14.6 Å². The molecule has 3 N–H and O–H groups in total. The average Bonchev–Trinajstić information content (AvgIpc) is 2.87. The van der Waals surface area contributed by atoms with Crippen molar-refractivity contribution in [3.8, 4) is 11.1 Å². The number of carbonyl (C=O) groups excluding carboxylic acids is 2. The zero-order chi connectivity index (χ0) is 26.7. The van der Waals surface area contributed by atoms with Gasteiger partial charge in [-0.05, 0) is 57.4 Å². The van der Waals surface area contributed by atoms with Crippen LogP contribution in [-0.2, 0) is 16.4 Å². The number of hydrogen-bond donors (Lipinski definition) is 2. The van der Waals surface area contributed by atoms with E-state index in [-0.39, 0.29) is 33.8 Å². The Morgan fingerprint density at radius 2 is 1.62 bits per heavy atom. The van der Waals surface area contributed by atoms with Gasteiger partial charge in [0, 0.05) is 33.8 Å². The van der Waals surface area contributed by atoms with Crippen molar-refractivity contribution < 1.29 is 26.8 Å². The highest BCUT2D eigenvalue weighted by Gasteiger charge is 2.20. The summed E-state index contributed by atoms with van der Waals surface area (Å²) in [6.45, 7) is 0. The minimum absolute atomic E-state index is 0.0119. The third-order valence-electron chi connectivity index (χ3n) is 5.42. The molecule has 0 saturated carbocycles. The van der Waals surface area contributed by atoms with Crippen molar-refractivity contribution in [1.82, 2.24) is 4.98 Å². The van der Waals surface area contributed by atoms with Crippen molar-refractivity contribution in [3.05, 3.63) is 112 Å². The minimum atomic E-state index is -3.97. The highest BCUT2D eigenvalue weighted by molar-refractivity contribution is 9.10. The first kappa shape index (κ1) is 26.3. The van der Waals surface area contributed by atoms with Crippen molar-refractivity contribution in [1.29, 1.82) is 0 Å². The smallest absolute Gasteiger partial charge is 0.257 e. The number of primary sulfonamides is 1. The van der Waals surface area contributed by atoms with E-state index >= 15 is 0 Å². The molecule has 0 aliphatic heterocycles. The molecule has 0 aliphatic carbocycles. The highest BCUT2D eigenvalue weighted by Crippen LogP contribution is 2.27. The number of hydrogen-bond acceptors (Lipinski definition) is 5. The van der Waals surface area contributed by atoms with Gasteiger partial charge in [0.05, 0.1) is 4.90 Å². The number of nitrogens with two attached hydrogens (primary N) is 1. The van der Waals surface area contributed by atoms with Gasteiger partial charge < -0.3 is 5.32 Å². The first-order chi connectivity index (χ1) is 17.5. The predicted octanol–water partition coefficient (Wildman–Crippen LogP) is 5.11. The Balaban J connectivity index is 1.59. The zero-order valence-corrected chi connectivity index (χ0v) is 21.3. The largest absolute Gasteiger partial charge is 0.307 e. The normalized spacial score (nSPS) is 11.2. The molecule has 3 aromatic carbocycles. The summed E-state index contributed by atoms with van der Waals surface area (Å²) < 4.78 is 52.5. The summed E-state index contributed by atoms with van der Waals surface area (Å²) in [6, 6.07) is 16.9. The number of rotatable bonds is 7. The molecule has 0 atom stereocenters. The lowest BCUT2D eigenvalue weighted by Crippen LogP contribution is -2.17. The molecule has 1 heterocycles. The minimum Gasteiger partial charge on any atom is -0.307 e. The Labute approximate surface area is 219 Å². The van der Waals surface area contributed by atoms with Gasteiger partial charge >= 0.3 is 0 Å². The Hall–Kier alpha value is -3.80. The number of sulfonamides is 1. The topological polar surface area (TPSA) is 119 Å². The first-order valence-corrected chi connectivity index (χ1v) is 13.0. The summed E-state index contributed by atoms with van der Waals surface area (Å²) in [5.74, 6) is -3.47. The molecule has 0 saturated heterocycles. The highest BCUT2D eigenvalue weighted by atomic mass is 79.9. The zero-order valence-electron chi connectivity index (χ0n) is 18.9. The summed E-state index contributed by atoms with van der Waals surface area (Å²) in [6.07, 6.45) is 1.07.